The monoisotopic (exact) mass is 325 g/mol. The first-order valence-electron chi connectivity index (χ1n) is 5.85. The molecule has 110 valence electrons. The summed E-state index contributed by atoms with van der Waals surface area (Å²) < 4.78 is 40.8. The summed E-state index contributed by atoms with van der Waals surface area (Å²) in [5.41, 5.74) is 5.78. The van der Waals surface area contributed by atoms with E-state index in [9.17, 15) is 12.8 Å². The van der Waals surface area contributed by atoms with Crippen LogP contribution in [-0.2, 0) is 10.0 Å². The standard InChI is InChI=1S/C13H12FN3O2S2/c1-8-4-2-5-9(14)11(8)17-21(18,19)10-6-3-7-16-12(10)13(15)20/h2-7,17H,1H3,(H2,15,20). The maximum atomic E-state index is 13.8. The van der Waals surface area contributed by atoms with E-state index in [1.165, 1.54) is 30.5 Å². The van der Waals surface area contributed by atoms with Crippen LogP contribution in [0.3, 0.4) is 0 Å². The van der Waals surface area contributed by atoms with E-state index in [2.05, 4.69) is 9.71 Å². The third-order valence-corrected chi connectivity index (χ3v) is 4.33. The van der Waals surface area contributed by atoms with Gasteiger partial charge in [-0.15, -0.1) is 0 Å². The summed E-state index contributed by atoms with van der Waals surface area (Å²) >= 11 is 4.78. The zero-order chi connectivity index (χ0) is 15.6. The number of sulfonamides is 1. The molecule has 2 aromatic rings. The minimum absolute atomic E-state index is 0.0333. The molecular formula is C13H12FN3O2S2. The van der Waals surface area contributed by atoms with Gasteiger partial charge in [0, 0.05) is 6.20 Å². The molecule has 0 aliphatic rings. The zero-order valence-electron chi connectivity index (χ0n) is 11.0. The van der Waals surface area contributed by atoms with Crippen molar-refractivity contribution in [2.45, 2.75) is 11.8 Å². The smallest absolute Gasteiger partial charge is 0.264 e. The lowest BCUT2D eigenvalue weighted by Crippen LogP contribution is -2.21. The van der Waals surface area contributed by atoms with Crippen molar-refractivity contribution < 1.29 is 12.8 Å². The highest BCUT2D eigenvalue weighted by Gasteiger charge is 2.22. The lowest BCUT2D eigenvalue weighted by atomic mass is 10.2. The number of rotatable bonds is 4. The van der Waals surface area contributed by atoms with E-state index >= 15 is 0 Å². The fourth-order valence-electron chi connectivity index (χ4n) is 1.74. The van der Waals surface area contributed by atoms with Gasteiger partial charge >= 0.3 is 0 Å². The van der Waals surface area contributed by atoms with Gasteiger partial charge in [-0.1, -0.05) is 24.4 Å². The van der Waals surface area contributed by atoms with Crippen LogP contribution in [0.2, 0.25) is 0 Å². The number of nitrogens with two attached hydrogens (primary N) is 1. The number of hydrogen-bond donors (Lipinski definition) is 2. The summed E-state index contributed by atoms with van der Waals surface area (Å²) in [5.74, 6) is -0.667. The molecule has 21 heavy (non-hydrogen) atoms. The van der Waals surface area contributed by atoms with Crippen LogP contribution in [0.5, 0.6) is 0 Å². The van der Waals surface area contributed by atoms with Gasteiger partial charge in [-0.2, -0.15) is 0 Å². The topological polar surface area (TPSA) is 85.1 Å². The van der Waals surface area contributed by atoms with Gasteiger partial charge in [0.15, 0.2) is 0 Å². The average Bonchev–Trinajstić information content (AvgIpc) is 2.43. The first-order valence-corrected chi connectivity index (χ1v) is 7.75. The van der Waals surface area contributed by atoms with Crippen LogP contribution in [0.25, 0.3) is 0 Å². The van der Waals surface area contributed by atoms with Crippen molar-refractivity contribution in [3.63, 3.8) is 0 Å². The number of halogens is 1. The van der Waals surface area contributed by atoms with Gasteiger partial charge in [0.05, 0.1) is 5.69 Å². The second-order valence-electron chi connectivity index (χ2n) is 4.25. The summed E-state index contributed by atoms with van der Waals surface area (Å²) in [6, 6.07) is 7.00. The van der Waals surface area contributed by atoms with Crippen LogP contribution in [0.4, 0.5) is 10.1 Å². The maximum Gasteiger partial charge on any atom is 0.264 e. The number of aromatic nitrogens is 1. The molecule has 1 aromatic heterocycles. The average molecular weight is 325 g/mol. The summed E-state index contributed by atoms with van der Waals surface area (Å²) in [5, 5.41) is 0. The molecule has 8 heteroatoms. The maximum absolute atomic E-state index is 13.8. The van der Waals surface area contributed by atoms with Crippen molar-refractivity contribution in [2.24, 2.45) is 5.73 Å². The van der Waals surface area contributed by atoms with E-state index in [-0.39, 0.29) is 21.3 Å². The first-order chi connectivity index (χ1) is 9.83. The fourth-order valence-corrected chi connectivity index (χ4v) is 3.28. The minimum Gasteiger partial charge on any atom is -0.388 e. The van der Waals surface area contributed by atoms with Gasteiger partial charge in [-0.3, -0.25) is 9.71 Å². The molecular weight excluding hydrogens is 313 g/mol. The van der Waals surface area contributed by atoms with E-state index in [4.69, 9.17) is 18.0 Å². The van der Waals surface area contributed by atoms with Crippen molar-refractivity contribution in [1.29, 1.82) is 0 Å². The van der Waals surface area contributed by atoms with E-state index < -0.39 is 15.8 Å². The van der Waals surface area contributed by atoms with Crippen LogP contribution in [0.15, 0.2) is 41.4 Å². The molecule has 0 amide bonds. The number of thiocarbonyl (C=S) groups is 1. The Labute approximate surface area is 127 Å². The second-order valence-corrected chi connectivity index (χ2v) is 6.34. The number of aryl methyl sites for hydroxylation is 1. The van der Waals surface area contributed by atoms with Crippen LogP contribution in [0.1, 0.15) is 11.3 Å². The molecule has 0 saturated carbocycles. The van der Waals surface area contributed by atoms with E-state index in [0.29, 0.717) is 5.56 Å². The quantitative estimate of drug-likeness (QED) is 0.840. The lowest BCUT2D eigenvalue weighted by Gasteiger charge is -2.13. The molecule has 0 radical (unpaired) electrons. The Balaban J connectivity index is 2.52. The van der Waals surface area contributed by atoms with Gasteiger partial charge in [0.2, 0.25) is 0 Å². The lowest BCUT2D eigenvalue weighted by molar-refractivity contribution is 0.597. The molecule has 0 unspecified atom stereocenters. The second kappa shape index (κ2) is 5.74. The van der Waals surface area contributed by atoms with Crippen molar-refractivity contribution in [2.75, 3.05) is 4.72 Å². The molecule has 2 rings (SSSR count). The van der Waals surface area contributed by atoms with Gasteiger partial charge in [-0.25, -0.2) is 12.8 Å². The number of nitrogens with one attached hydrogen (secondary N) is 1. The van der Waals surface area contributed by atoms with Crippen molar-refractivity contribution >= 4 is 32.9 Å². The summed E-state index contributed by atoms with van der Waals surface area (Å²) in [6.07, 6.45) is 1.38. The van der Waals surface area contributed by atoms with E-state index in [1.54, 1.807) is 13.0 Å². The molecule has 0 aliphatic carbocycles. The Kier molecular flexibility index (Phi) is 4.19. The molecule has 1 heterocycles. The number of anilines is 1. The molecule has 0 saturated heterocycles. The number of hydrogen-bond acceptors (Lipinski definition) is 4. The number of benzene rings is 1. The van der Waals surface area contributed by atoms with Crippen LogP contribution in [-0.4, -0.2) is 18.4 Å². The highest BCUT2D eigenvalue weighted by Crippen LogP contribution is 2.23. The Bertz CT molecular complexity index is 787. The minimum atomic E-state index is -4.05. The molecule has 0 atom stereocenters. The van der Waals surface area contributed by atoms with Crippen molar-refractivity contribution in [3.8, 4) is 0 Å². The molecule has 5 nitrogen and oxygen atoms in total. The largest absolute Gasteiger partial charge is 0.388 e. The SMILES string of the molecule is Cc1cccc(F)c1NS(=O)(=O)c1cccnc1C(N)=S. The highest BCUT2D eigenvalue weighted by molar-refractivity contribution is 7.93. The highest BCUT2D eigenvalue weighted by atomic mass is 32.2. The van der Waals surface area contributed by atoms with Crippen LogP contribution >= 0.6 is 12.2 Å². The van der Waals surface area contributed by atoms with Crippen LogP contribution < -0.4 is 10.5 Å². The summed E-state index contributed by atoms with van der Waals surface area (Å²) in [7, 11) is -4.05. The van der Waals surface area contributed by atoms with Gasteiger partial charge in [0.25, 0.3) is 10.0 Å². The summed E-state index contributed by atoms with van der Waals surface area (Å²) in [4.78, 5) is 3.51. The molecule has 3 N–H and O–H groups in total. The molecule has 0 bridgehead atoms. The Morgan fingerprint density at radius 3 is 2.67 bits per heavy atom. The predicted octanol–water partition coefficient (Wildman–Crippen LogP) is 1.96. The molecule has 0 spiro atoms. The van der Waals surface area contributed by atoms with Crippen LogP contribution in [0, 0.1) is 12.7 Å². The number of pyridine rings is 1. The van der Waals surface area contributed by atoms with Gasteiger partial charge in [-0.05, 0) is 30.7 Å². The Hall–Kier alpha value is -2.06. The van der Waals surface area contributed by atoms with E-state index in [1.807, 2.05) is 0 Å². The predicted molar refractivity (Wildman–Crippen MR) is 82.1 cm³/mol. The fraction of sp³-hybridized carbons (Fsp3) is 0.0769. The number of para-hydroxylation sites is 1. The molecule has 0 fully saturated rings. The third kappa shape index (κ3) is 3.17. The molecule has 0 aliphatic heterocycles. The van der Waals surface area contributed by atoms with E-state index in [0.717, 1.165) is 0 Å². The van der Waals surface area contributed by atoms with Crippen molar-refractivity contribution in [3.05, 3.63) is 53.6 Å². The van der Waals surface area contributed by atoms with Crippen molar-refractivity contribution in [1.82, 2.24) is 4.98 Å². The summed E-state index contributed by atoms with van der Waals surface area (Å²) in [6.45, 7) is 1.60. The Morgan fingerprint density at radius 1 is 1.33 bits per heavy atom. The molecule has 1 aromatic carbocycles. The zero-order valence-corrected chi connectivity index (χ0v) is 12.6. The van der Waals surface area contributed by atoms with Gasteiger partial charge < -0.3 is 5.73 Å². The van der Waals surface area contributed by atoms with Gasteiger partial charge in [0.1, 0.15) is 21.4 Å². The number of nitrogens with zero attached hydrogens (tertiary/aromatic N) is 1. The third-order valence-electron chi connectivity index (χ3n) is 2.75. The normalized spacial score (nSPS) is 11.1. The first kappa shape index (κ1) is 15.3. The Morgan fingerprint density at radius 2 is 2.05 bits per heavy atom.